The lowest BCUT2D eigenvalue weighted by atomic mass is 10.1. The van der Waals surface area contributed by atoms with Gasteiger partial charge >= 0.3 is 0 Å². The topological polar surface area (TPSA) is 43.4 Å². The van der Waals surface area contributed by atoms with Crippen LogP contribution in [0, 0.1) is 11.8 Å². The quantitative estimate of drug-likeness (QED) is 0.487. The van der Waals surface area contributed by atoms with E-state index >= 15 is 0 Å². The number of hydrogen-bond donors (Lipinski definition) is 0. The second kappa shape index (κ2) is 6.37. The monoisotopic (exact) mass is 296 g/mol. The molecule has 1 unspecified atom stereocenters. The van der Waals surface area contributed by atoms with Gasteiger partial charge in [-0.25, -0.2) is 4.18 Å². The van der Waals surface area contributed by atoms with Crippen LogP contribution in [0.25, 0.3) is 0 Å². The largest absolute Gasteiger partial charge is 0.265 e. The number of rotatable bonds is 4. The molecule has 0 saturated heterocycles. The van der Waals surface area contributed by atoms with Crippen molar-refractivity contribution < 1.29 is 12.6 Å². The smallest absolute Gasteiger partial charge is 0.249 e. The van der Waals surface area contributed by atoms with Gasteiger partial charge in [-0.2, -0.15) is 8.42 Å². The van der Waals surface area contributed by atoms with Crippen molar-refractivity contribution in [2.24, 2.45) is 0 Å². The highest BCUT2D eigenvalue weighted by molar-refractivity contribution is 7.86. The third-order valence-corrected chi connectivity index (χ3v) is 4.00. The molecule has 1 atom stereocenters. The second-order valence-electron chi connectivity index (χ2n) is 5.65. The van der Waals surface area contributed by atoms with Crippen molar-refractivity contribution in [1.82, 2.24) is 0 Å². The third-order valence-electron chi connectivity index (χ3n) is 2.23. The predicted octanol–water partition coefficient (Wildman–Crippen LogP) is 3.05. The van der Waals surface area contributed by atoms with Crippen LogP contribution in [0.1, 0.15) is 11.7 Å². The fourth-order valence-electron chi connectivity index (χ4n) is 1.37. The minimum Gasteiger partial charge on any atom is -0.249 e. The standard InChI is InChI=1S/C14H20O3SSi/c1-18(15,16)17-14(11-8-12-19(2,3)4)13-9-6-5-7-10-13/h5-7,9-10,14H,12H2,1-4H3. The van der Waals surface area contributed by atoms with Crippen LogP contribution < -0.4 is 0 Å². The summed E-state index contributed by atoms with van der Waals surface area (Å²) in [6.45, 7) is 6.66. The summed E-state index contributed by atoms with van der Waals surface area (Å²) in [6.07, 6.45) is 0.330. The molecule has 5 heteroatoms. The first-order valence-electron chi connectivity index (χ1n) is 6.09. The van der Waals surface area contributed by atoms with E-state index in [-0.39, 0.29) is 0 Å². The molecule has 0 spiro atoms. The number of hydrogen-bond acceptors (Lipinski definition) is 3. The van der Waals surface area contributed by atoms with Crippen molar-refractivity contribution in [3.63, 3.8) is 0 Å². The minimum absolute atomic E-state index is 0.715. The summed E-state index contributed by atoms with van der Waals surface area (Å²) >= 11 is 0. The van der Waals surface area contributed by atoms with E-state index in [9.17, 15) is 8.42 Å². The van der Waals surface area contributed by atoms with Crippen LogP contribution in [-0.2, 0) is 14.3 Å². The maximum absolute atomic E-state index is 11.3. The molecule has 1 rings (SSSR count). The summed E-state index contributed by atoms with van der Waals surface area (Å²) in [6, 6.07) is 10.0. The highest BCUT2D eigenvalue weighted by Gasteiger charge is 2.16. The van der Waals surface area contributed by atoms with Gasteiger partial charge in [0, 0.05) is 6.04 Å². The van der Waals surface area contributed by atoms with Crippen LogP contribution in [0.4, 0.5) is 0 Å². The summed E-state index contributed by atoms with van der Waals surface area (Å²) < 4.78 is 27.6. The molecule has 0 aliphatic rings. The minimum atomic E-state index is -3.53. The third kappa shape index (κ3) is 7.16. The molecule has 0 N–H and O–H groups in total. The van der Waals surface area contributed by atoms with Gasteiger partial charge in [-0.1, -0.05) is 55.9 Å². The zero-order valence-corrected chi connectivity index (χ0v) is 13.6. The summed E-state index contributed by atoms with van der Waals surface area (Å²) in [7, 11) is -4.79. The molecule has 0 aromatic heterocycles. The van der Waals surface area contributed by atoms with Gasteiger partial charge in [0.2, 0.25) is 0 Å². The van der Waals surface area contributed by atoms with Crippen LogP contribution in [-0.4, -0.2) is 22.7 Å². The van der Waals surface area contributed by atoms with Crippen molar-refractivity contribution in [3.8, 4) is 11.8 Å². The first-order valence-corrected chi connectivity index (χ1v) is 11.6. The van der Waals surface area contributed by atoms with Crippen LogP contribution in [0.3, 0.4) is 0 Å². The molecule has 0 saturated carbocycles. The molecule has 0 amide bonds. The van der Waals surface area contributed by atoms with Gasteiger partial charge in [0.25, 0.3) is 10.1 Å². The first kappa shape index (κ1) is 16.0. The van der Waals surface area contributed by atoms with E-state index in [2.05, 4.69) is 31.5 Å². The fourth-order valence-corrected chi connectivity index (χ4v) is 2.52. The van der Waals surface area contributed by atoms with Gasteiger partial charge in [-0.15, -0.1) is 5.92 Å². The molecule has 0 fully saturated rings. The summed E-state index contributed by atoms with van der Waals surface area (Å²) in [5.74, 6) is 6.00. The lowest BCUT2D eigenvalue weighted by Crippen LogP contribution is -2.17. The lowest BCUT2D eigenvalue weighted by molar-refractivity contribution is 0.273. The summed E-state index contributed by atoms with van der Waals surface area (Å²) in [5.41, 5.74) is 0.760. The maximum atomic E-state index is 11.3. The van der Waals surface area contributed by atoms with Gasteiger partial charge in [-0.05, 0) is 5.56 Å². The summed E-state index contributed by atoms with van der Waals surface area (Å²) in [4.78, 5) is 0. The molecule has 0 aliphatic carbocycles. The SMILES string of the molecule is C[Si](C)(C)CC#CC(OS(C)(=O)=O)c1ccccc1. The number of benzene rings is 1. The van der Waals surface area contributed by atoms with Gasteiger partial charge in [0.1, 0.15) is 0 Å². The zero-order valence-electron chi connectivity index (χ0n) is 11.8. The Balaban J connectivity index is 2.94. The van der Waals surface area contributed by atoms with E-state index in [0.29, 0.717) is 0 Å². The van der Waals surface area contributed by atoms with Gasteiger partial charge in [0.15, 0.2) is 6.10 Å². The van der Waals surface area contributed by atoms with Gasteiger partial charge in [-0.3, -0.25) is 0 Å². The van der Waals surface area contributed by atoms with Crippen molar-refractivity contribution in [1.29, 1.82) is 0 Å². The Bertz CT molecular complexity index is 562. The molecule has 1 aromatic rings. The molecular weight excluding hydrogens is 276 g/mol. The molecule has 0 aliphatic heterocycles. The Morgan fingerprint density at radius 2 is 1.79 bits per heavy atom. The Labute approximate surface area is 117 Å². The van der Waals surface area contributed by atoms with Crippen LogP contribution in [0.2, 0.25) is 25.7 Å². The normalized spacial score (nSPS) is 13.5. The van der Waals surface area contributed by atoms with Crippen molar-refractivity contribution in [2.45, 2.75) is 31.8 Å². The molecule has 0 bridgehead atoms. The predicted molar refractivity (Wildman–Crippen MR) is 81.0 cm³/mol. The molecule has 3 nitrogen and oxygen atoms in total. The van der Waals surface area contributed by atoms with E-state index in [1.54, 1.807) is 0 Å². The van der Waals surface area contributed by atoms with Crippen LogP contribution in [0.15, 0.2) is 30.3 Å². The van der Waals surface area contributed by atoms with E-state index in [4.69, 9.17) is 4.18 Å². The van der Waals surface area contributed by atoms with Crippen LogP contribution in [0.5, 0.6) is 0 Å². The van der Waals surface area contributed by atoms with E-state index in [1.165, 1.54) is 0 Å². The van der Waals surface area contributed by atoms with E-state index in [0.717, 1.165) is 17.9 Å². The average Bonchev–Trinajstić information content (AvgIpc) is 2.25. The van der Waals surface area contributed by atoms with Crippen molar-refractivity contribution in [3.05, 3.63) is 35.9 Å². The Kier molecular flexibility index (Phi) is 5.35. The molecular formula is C14H20O3SSi. The van der Waals surface area contributed by atoms with Gasteiger partial charge < -0.3 is 0 Å². The molecule has 104 valence electrons. The van der Waals surface area contributed by atoms with E-state index in [1.807, 2.05) is 30.3 Å². The Morgan fingerprint density at radius 1 is 1.21 bits per heavy atom. The van der Waals surface area contributed by atoms with Gasteiger partial charge in [0.05, 0.1) is 14.3 Å². The molecule has 0 radical (unpaired) electrons. The Morgan fingerprint density at radius 3 is 2.26 bits per heavy atom. The second-order valence-corrected chi connectivity index (χ2v) is 12.7. The first-order chi connectivity index (χ1) is 8.67. The van der Waals surface area contributed by atoms with E-state index < -0.39 is 24.3 Å². The molecule has 19 heavy (non-hydrogen) atoms. The highest BCUT2D eigenvalue weighted by Crippen LogP contribution is 2.18. The van der Waals surface area contributed by atoms with Crippen molar-refractivity contribution >= 4 is 18.2 Å². The van der Waals surface area contributed by atoms with Crippen LogP contribution >= 0.6 is 0 Å². The highest BCUT2D eigenvalue weighted by atomic mass is 32.2. The lowest BCUT2D eigenvalue weighted by Gasteiger charge is -2.12. The molecule has 0 heterocycles. The van der Waals surface area contributed by atoms with Crippen molar-refractivity contribution in [2.75, 3.05) is 6.26 Å². The fraction of sp³-hybridized carbons (Fsp3) is 0.429. The Hall–Kier alpha value is -1.09. The average molecular weight is 296 g/mol. The molecule has 1 aromatic carbocycles. The maximum Gasteiger partial charge on any atom is 0.265 e. The summed E-state index contributed by atoms with van der Waals surface area (Å²) in [5, 5.41) is 0. The zero-order chi connectivity index (χ0) is 14.5.